The molecule has 0 radical (unpaired) electrons. The second-order valence-corrected chi connectivity index (χ2v) is 13.5. The Balaban J connectivity index is 1.26. The van der Waals surface area contributed by atoms with E-state index >= 15 is 0 Å². The summed E-state index contributed by atoms with van der Waals surface area (Å²) in [4.78, 5) is 10.4. The van der Waals surface area contributed by atoms with E-state index < -0.39 is 0 Å². The molecule has 0 unspecified atom stereocenters. The van der Waals surface area contributed by atoms with Gasteiger partial charge in [-0.3, -0.25) is 0 Å². The molecule has 0 saturated heterocycles. The van der Waals surface area contributed by atoms with Gasteiger partial charge in [-0.15, -0.1) is 22.7 Å². The lowest BCUT2D eigenvalue weighted by atomic mass is 10.1. The highest BCUT2D eigenvalue weighted by Gasteiger charge is 2.19. The molecule has 0 spiro atoms. The van der Waals surface area contributed by atoms with Crippen molar-refractivity contribution in [3.05, 3.63) is 140 Å². The SMILES string of the molecule is c1ccc(-c2nc(-c3cccc(-n4c5ccccc5c5cc6sc7ccccc7c6cc54)c3)c3sc4ccccc4c3n2)cc1. The van der Waals surface area contributed by atoms with E-state index in [1.165, 1.54) is 52.1 Å². The lowest BCUT2D eigenvalue weighted by Gasteiger charge is -2.11. The van der Waals surface area contributed by atoms with Crippen LogP contribution in [0.5, 0.6) is 0 Å². The number of benzene rings is 6. The first-order chi connectivity index (χ1) is 22.3. The Morgan fingerprint density at radius 1 is 0.444 bits per heavy atom. The number of aromatic nitrogens is 3. The zero-order valence-electron chi connectivity index (χ0n) is 23.9. The van der Waals surface area contributed by atoms with Crippen LogP contribution in [-0.2, 0) is 0 Å². The molecule has 0 bridgehead atoms. The molecule has 0 N–H and O–H groups in total. The summed E-state index contributed by atoms with van der Waals surface area (Å²) in [6.45, 7) is 0. The molecule has 0 fully saturated rings. The first kappa shape index (κ1) is 25.0. The van der Waals surface area contributed by atoms with Crippen LogP contribution in [-0.4, -0.2) is 14.5 Å². The van der Waals surface area contributed by atoms with Crippen LogP contribution >= 0.6 is 22.7 Å². The summed E-state index contributed by atoms with van der Waals surface area (Å²) in [6, 6.07) is 49.9. The summed E-state index contributed by atoms with van der Waals surface area (Å²) in [7, 11) is 0. The fraction of sp³-hybridized carbons (Fsp3) is 0. The highest BCUT2D eigenvalue weighted by molar-refractivity contribution is 7.26. The summed E-state index contributed by atoms with van der Waals surface area (Å²) in [5.41, 5.74) is 7.60. The molecule has 0 aliphatic heterocycles. The Morgan fingerprint density at radius 3 is 2.02 bits per heavy atom. The van der Waals surface area contributed by atoms with Gasteiger partial charge in [0, 0.05) is 57.8 Å². The Labute approximate surface area is 266 Å². The number of hydrogen-bond donors (Lipinski definition) is 0. The van der Waals surface area contributed by atoms with Crippen LogP contribution < -0.4 is 0 Å². The summed E-state index contributed by atoms with van der Waals surface area (Å²) < 4.78 is 7.40. The first-order valence-corrected chi connectivity index (χ1v) is 16.6. The van der Waals surface area contributed by atoms with Gasteiger partial charge in [0.05, 0.1) is 26.9 Å². The van der Waals surface area contributed by atoms with Gasteiger partial charge in [0.25, 0.3) is 0 Å². The highest BCUT2D eigenvalue weighted by Crippen LogP contribution is 2.42. The predicted octanol–water partition coefficient (Wildman–Crippen LogP) is 11.6. The molecule has 6 aromatic carbocycles. The molecule has 45 heavy (non-hydrogen) atoms. The molecule has 0 aliphatic carbocycles. The van der Waals surface area contributed by atoms with Crippen LogP contribution in [0.2, 0.25) is 0 Å². The molecule has 5 heteroatoms. The van der Waals surface area contributed by atoms with Gasteiger partial charge in [-0.05, 0) is 42.5 Å². The minimum absolute atomic E-state index is 0.746. The molecular formula is C40H23N3S2. The average molecular weight is 610 g/mol. The predicted molar refractivity (Wildman–Crippen MR) is 193 cm³/mol. The number of thiophene rings is 2. The Hall–Kier alpha value is -5.36. The van der Waals surface area contributed by atoms with Gasteiger partial charge in [0.1, 0.15) is 0 Å². The van der Waals surface area contributed by atoms with Gasteiger partial charge >= 0.3 is 0 Å². The molecule has 3 nitrogen and oxygen atoms in total. The smallest absolute Gasteiger partial charge is 0.160 e. The van der Waals surface area contributed by atoms with Crippen LogP contribution in [0.1, 0.15) is 0 Å². The number of fused-ring (bicyclic) bond motifs is 9. The fourth-order valence-corrected chi connectivity index (χ4v) is 9.04. The van der Waals surface area contributed by atoms with E-state index in [2.05, 4.69) is 126 Å². The molecule has 0 saturated carbocycles. The van der Waals surface area contributed by atoms with Gasteiger partial charge in [-0.1, -0.05) is 97.1 Å². The van der Waals surface area contributed by atoms with Crippen molar-refractivity contribution in [2.24, 2.45) is 0 Å². The van der Waals surface area contributed by atoms with E-state index in [9.17, 15) is 0 Å². The molecule has 4 heterocycles. The van der Waals surface area contributed by atoms with E-state index in [-0.39, 0.29) is 0 Å². The molecule has 210 valence electrons. The van der Waals surface area contributed by atoms with Gasteiger partial charge in [0.2, 0.25) is 0 Å². The van der Waals surface area contributed by atoms with Crippen LogP contribution in [0.25, 0.3) is 90.6 Å². The number of hydrogen-bond acceptors (Lipinski definition) is 4. The quantitative estimate of drug-likeness (QED) is 0.199. The third-order valence-corrected chi connectivity index (χ3v) is 11.1. The second-order valence-electron chi connectivity index (χ2n) is 11.4. The lowest BCUT2D eigenvalue weighted by Crippen LogP contribution is -1.96. The number of para-hydroxylation sites is 1. The Bertz CT molecular complexity index is 2770. The standard InChI is InChI=1S/C40H23N3S2/c1-2-11-24(12-3-1)40-41-37(39-38(42-40)29-17-6-9-20-35(29)45-39)25-13-10-14-26(21-25)43-32-18-7-4-15-27(32)30-23-36-31(22-33(30)43)28-16-5-8-19-34(28)44-36/h1-23H. The van der Waals surface area contributed by atoms with Crippen LogP contribution in [0.15, 0.2) is 140 Å². The van der Waals surface area contributed by atoms with E-state index in [0.29, 0.717) is 0 Å². The normalized spacial score (nSPS) is 12.0. The van der Waals surface area contributed by atoms with Crippen molar-refractivity contribution in [2.45, 2.75) is 0 Å². The maximum atomic E-state index is 5.24. The maximum Gasteiger partial charge on any atom is 0.160 e. The van der Waals surface area contributed by atoms with Gasteiger partial charge < -0.3 is 4.57 Å². The largest absolute Gasteiger partial charge is 0.309 e. The second kappa shape index (κ2) is 9.57. The zero-order chi connectivity index (χ0) is 29.5. The highest BCUT2D eigenvalue weighted by atomic mass is 32.1. The van der Waals surface area contributed by atoms with E-state index in [1.807, 2.05) is 29.5 Å². The monoisotopic (exact) mass is 609 g/mol. The van der Waals surface area contributed by atoms with E-state index in [4.69, 9.17) is 9.97 Å². The van der Waals surface area contributed by atoms with Gasteiger partial charge in [0.15, 0.2) is 5.82 Å². The van der Waals surface area contributed by atoms with Crippen LogP contribution in [0, 0.1) is 0 Å². The van der Waals surface area contributed by atoms with Crippen LogP contribution in [0.3, 0.4) is 0 Å². The third kappa shape index (κ3) is 3.75. The maximum absolute atomic E-state index is 5.24. The Morgan fingerprint density at radius 2 is 1.16 bits per heavy atom. The Kier molecular flexibility index (Phi) is 5.32. The first-order valence-electron chi connectivity index (χ1n) is 15.0. The van der Waals surface area contributed by atoms with Gasteiger partial charge in [-0.2, -0.15) is 0 Å². The van der Waals surface area contributed by atoms with Gasteiger partial charge in [-0.25, -0.2) is 9.97 Å². The van der Waals surface area contributed by atoms with Crippen molar-refractivity contribution < 1.29 is 0 Å². The number of rotatable bonds is 3. The molecular weight excluding hydrogens is 587 g/mol. The van der Waals surface area contributed by atoms with Crippen molar-refractivity contribution in [3.8, 4) is 28.3 Å². The van der Waals surface area contributed by atoms with Crippen LogP contribution in [0.4, 0.5) is 0 Å². The van der Waals surface area contributed by atoms with Crippen molar-refractivity contribution in [3.63, 3.8) is 0 Å². The van der Waals surface area contributed by atoms with Crippen molar-refractivity contribution in [1.82, 2.24) is 14.5 Å². The number of nitrogens with zero attached hydrogens (tertiary/aromatic N) is 3. The minimum atomic E-state index is 0.746. The molecule has 0 amide bonds. The summed E-state index contributed by atoms with van der Waals surface area (Å²) >= 11 is 3.64. The minimum Gasteiger partial charge on any atom is -0.309 e. The topological polar surface area (TPSA) is 30.7 Å². The molecule has 0 aliphatic rings. The fourth-order valence-electron chi connectivity index (χ4n) is 6.76. The third-order valence-electron chi connectivity index (χ3n) is 8.80. The summed E-state index contributed by atoms with van der Waals surface area (Å²) in [6.07, 6.45) is 0. The summed E-state index contributed by atoms with van der Waals surface area (Å²) in [5, 5.41) is 6.32. The lowest BCUT2D eigenvalue weighted by molar-refractivity contribution is 1.18. The molecule has 10 aromatic rings. The van der Waals surface area contributed by atoms with Crippen molar-refractivity contribution in [1.29, 1.82) is 0 Å². The van der Waals surface area contributed by atoms with E-state index in [0.717, 1.165) is 38.5 Å². The van der Waals surface area contributed by atoms with E-state index in [1.54, 1.807) is 11.3 Å². The van der Waals surface area contributed by atoms with Crippen molar-refractivity contribution >= 4 is 85.0 Å². The molecule has 10 rings (SSSR count). The molecule has 4 aromatic heterocycles. The zero-order valence-corrected chi connectivity index (χ0v) is 25.6. The van der Waals surface area contributed by atoms with Crippen molar-refractivity contribution in [2.75, 3.05) is 0 Å². The average Bonchev–Trinajstić information content (AvgIpc) is 3.76. The summed E-state index contributed by atoms with van der Waals surface area (Å²) in [5.74, 6) is 0.746. The molecule has 0 atom stereocenters.